The Bertz CT molecular complexity index is 922. The molecule has 6 nitrogen and oxygen atoms in total. The zero-order valence-electron chi connectivity index (χ0n) is 18.0. The van der Waals surface area contributed by atoms with Gasteiger partial charge in [-0.3, -0.25) is 15.1 Å². The summed E-state index contributed by atoms with van der Waals surface area (Å²) < 4.78 is 5.32. The number of rotatable bonds is 6. The molecule has 1 aliphatic rings. The van der Waals surface area contributed by atoms with Gasteiger partial charge < -0.3 is 9.64 Å². The second-order valence-corrected chi connectivity index (χ2v) is 8.14. The normalized spacial score (nSPS) is 16.2. The Labute approximate surface area is 178 Å². The van der Waals surface area contributed by atoms with Crippen LogP contribution in [0.1, 0.15) is 38.8 Å². The van der Waals surface area contributed by atoms with Gasteiger partial charge in [0.05, 0.1) is 5.69 Å². The Morgan fingerprint density at radius 1 is 1.07 bits per heavy atom. The molecule has 1 aliphatic heterocycles. The number of aliphatic imine (C=N–C) groups is 1. The molecule has 0 spiro atoms. The molecular formula is C24H29N3O3. The van der Waals surface area contributed by atoms with Gasteiger partial charge in [0.15, 0.2) is 0 Å². The van der Waals surface area contributed by atoms with Crippen LogP contribution in [0.3, 0.4) is 0 Å². The molecule has 0 fully saturated rings. The highest BCUT2D eigenvalue weighted by atomic mass is 16.5. The fourth-order valence-electron chi connectivity index (χ4n) is 3.44. The molecule has 6 heteroatoms. The molecule has 1 atom stereocenters. The van der Waals surface area contributed by atoms with Crippen molar-refractivity contribution in [1.82, 2.24) is 5.32 Å². The molecule has 0 radical (unpaired) electrons. The van der Waals surface area contributed by atoms with E-state index in [9.17, 15) is 9.59 Å². The number of carbonyl (C=O) groups excluding carboxylic acids is 2. The lowest BCUT2D eigenvalue weighted by Gasteiger charge is -2.27. The number of nitrogens with zero attached hydrogens (tertiary/aromatic N) is 2. The summed E-state index contributed by atoms with van der Waals surface area (Å²) in [4.78, 5) is 32.2. The summed E-state index contributed by atoms with van der Waals surface area (Å²) in [5.41, 5.74) is 3.41. The molecule has 2 amide bonds. The zero-order chi connectivity index (χ0) is 21.7. The summed E-state index contributed by atoms with van der Waals surface area (Å²) in [6.45, 7) is 8.84. The molecule has 2 aromatic rings. The van der Waals surface area contributed by atoms with E-state index >= 15 is 0 Å². The first-order valence-corrected chi connectivity index (χ1v) is 10.3. The summed E-state index contributed by atoms with van der Waals surface area (Å²) in [7, 11) is 0. The average molecular weight is 408 g/mol. The van der Waals surface area contributed by atoms with Gasteiger partial charge in [-0.2, -0.15) is 0 Å². The minimum atomic E-state index is -1.03. The van der Waals surface area contributed by atoms with Crippen LogP contribution in [0.15, 0.2) is 59.6 Å². The Balaban J connectivity index is 1.86. The first-order chi connectivity index (χ1) is 14.4. The van der Waals surface area contributed by atoms with E-state index in [2.05, 4.69) is 24.2 Å². The number of benzene rings is 2. The largest absolute Gasteiger partial charge is 0.445 e. The Morgan fingerprint density at radius 2 is 1.73 bits per heavy atom. The third-order valence-corrected chi connectivity index (χ3v) is 4.80. The molecule has 0 aromatic heterocycles. The van der Waals surface area contributed by atoms with Gasteiger partial charge >= 0.3 is 6.09 Å². The van der Waals surface area contributed by atoms with Gasteiger partial charge in [-0.05, 0) is 23.5 Å². The Morgan fingerprint density at radius 3 is 2.40 bits per heavy atom. The van der Waals surface area contributed by atoms with E-state index in [1.165, 1.54) is 0 Å². The summed E-state index contributed by atoms with van der Waals surface area (Å²) in [5.74, 6) is 0.0827. The fourth-order valence-corrected chi connectivity index (χ4v) is 3.44. The Hall–Kier alpha value is -3.15. The Kier molecular flexibility index (Phi) is 6.87. The summed E-state index contributed by atoms with van der Waals surface area (Å²) in [6, 6.07) is 17.2. The maximum Gasteiger partial charge on any atom is 0.409 e. The van der Waals surface area contributed by atoms with Gasteiger partial charge in [0.2, 0.25) is 6.17 Å². The van der Waals surface area contributed by atoms with Crippen LogP contribution in [-0.4, -0.2) is 30.4 Å². The average Bonchev–Trinajstić information content (AvgIpc) is 2.83. The number of hydrogen-bond donors (Lipinski definition) is 1. The van der Waals surface area contributed by atoms with E-state index in [0.29, 0.717) is 6.54 Å². The quantitative estimate of drug-likeness (QED) is 0.772. The molecule has 0 aliphatic carbocycles. The first-order valence-electron chi connectivity index (χ1n) is 10.3. The van der Waals surface area contributed by atoms with Gasteiger partial charge in [-0.25, -0.2) is 4.79 Å². The van der Waals surface area contributed by atoms with Crippen LogP contribution in [0, 0.1) is 11.8 Å². The number of anilines is 1. The number of carbonyl (C=O) groups is 2. The number of nitrogens with one attached hydrogen (secondary N) is 1. The van der Waals surface area contributed by atoms with E-state index < -0.39 is 12.3 Å². The predicted octanol–water partition coefficient (Wildman–Crippen LogP) is 4.39. The number of fused-ring (bicyclic) bond motifs is 1. The standard InChI is InChI=1S/C24H29N3O3/c1-16(2)14-27-20-13-9-8-12-19(20)21(17(3)4)25-22(23(27)28)26-24(29)30-15-18-10-6-5-7-11-18/h5-13,16-17,22H,14-15H2,1-4H3,(H,26,29)/t22-/m0/s1. The second-order valence-electron chi connectivity index (χ2n) is 8.14. The van der Waals surface area contributed by atoms with E-state index in [-0.39, 0.29) is 24.3 Å². The number of ether oxygens (including phenoxy) is 1. The van der Waals surface area contributed by atoms with E-state index in [0.717, 1.165) is 22.5 Å². The van der Waals surface area contributed by atoms with Crippen molar-refractivity contribution in [3.05, 3.63) is 65.7 Å². The summed E-state index contributed by atoms with van der Waals surface area (Å²) in [6.07, 6.45) is -1.70. The van der Waals surface area contributed by atoms with Crippen molar-refractivity contribution in [3.8, 4) is 0 Å². The molecule has 1 N–H and O–H groups in total. The number of para-hydroxylation sites is 1. The molecule has 0 saturated heterocycles. The van der Waals surface area contributed by atoms with Crippen molar-refractivity contribution in [2.75, 3.05) is 11.4 Å². The van der Waals surface area contributed by atoms with Crippen molar-refractivity contribution in [2.45, 2.75) is 40.5 Å². The molecule has 3 rings (SSSR count). The van der Waals surface area contributed by atoms with Crippen LogP contribution < -0.4 is 10.2 Å². The van der Waals surface area contributed by atoms with E-state index in [4.69, 9.17) is 4.74 Å². The van der Waals surface area contributed by atoms with Crippen molar-refractivity contribution < 1.29 is 14.3 Å². The number of benzodiazepines with no additional fused rings is 1. The van der Waals surface area contributed by atoms with Crippen LogP contribution in [-0.2, 0) is 16.1 Å². The zero-order valence-corrected chi connectivity index (χ0v) is 18.0. The third kappa shape index (κ3) is 5.06. The second kappa shape index (κ2) is 9.57. The van der Waals surface area contributed by atoms with Gasteiger partial charge in [0, 0.05) is 17.8 Å². The highest BCUT2D eigenvalue weighted by Gasteiger charge is 2.33. The van der Waals surface area contributed by atoms with Gasteiger partial charge in [0.25, 0.3) is 5.91 Å². The number of hydrogen-bond acceptors (Lipinski definition) is 4. The monoisotopic (exact) mass is 407 g/mol. The van der Waals surface area contributed by atoms with Gasteiger partial charge in [-0.15, -0.1) is 0 Å². The van der Waals surface area contributed by atoms with Crippen molar-refractivity contribution in [3.63, 3.8) is 0 Å². The van der Waals surface area contributed by atoms with Crippen LogP contribution in [0.2, 0.25) is 0 Å². The minimum absolute atomic E-state index is 0.0857. The highest BCUT2D eigenvalue weighted by Crippen LogP contribution is 2.28. The summed E-state index contributed by atoms with van der Waals surface area (Å²) >= 11 is 0. The maximum atomic E-state index is 13.4. The van der Waals surface area contributed by atoms with Gasteiger partial charge in [-0.1, -0.05) is 76.2 Å². The third-order valence-electron chi connectivity index (χ3n) is 4.80. The molecule has 0 saturated carbocycles. The lowest BCUT2D eigenvalue weighted by atomic mass is 9.98. The molecule has 2 aromatic carbocycles. The topological polar surface area (TPSA) is 71.0 Å². The van der Waals surface area contributed by atoms with Crippen molar-refractivity contribution in [2.24, 2.45) is 16.8 Å². The van der Waals surface area contributed by atoms with Crippen molar-refractivity contribution >= 4 is 23.4 Å². The molecule has 30 heavy (non-hydrogen) atoms. The lowest BCUT2D eigenvalue weighted by Crippen LogP contribution is -2.48. The van der Waals surface area contributed by atoms with Crippen LogP contribution in [0.5, 0.6) is 0 Å². The van der Waals surface area contributed by atoms with E-state index in [1.807, 2.05) is 68.4 Å². The SMILES string of the molecule is CC(C)CN1C(=O)[C@H](NC(=O)OCc2ccccc2)N=C(C(C)C)c2ccccc21. The molecular weight excluding hydrogens is 378 g/mol. The fraction of sp³-hybridized carbons (Fsp3) is 0.375. The van der Waals surface area contributed by atoms with E-state index in [1.54, 1.807) is 4.90 Å². The number of amides is 2. The highest BCUT2D eigenvalue weighted by molar-refractivity contribution is 6.13. The van der Waals surface area contributed by atoms with Crippen LogP contribution in [0.25, 0.3) is 0 Å². The maximum absolute atomic E-state index is 13.4. The summed E-state index contributed by atoms with van der Waals surface area (Å²) in [5, 5.41) is 2.66. The first kappa shape index (κ1) is 21.6. The lowest BCUT2D eigenvalue weighted by molar-refractivity contribution is -0.120. The molecule has 0 unspecified atom stereocenters. The molecule has 0 bridgehead atoms. The predicted molar refractivity (Wildman–Crippen MR) is 119 cm³/mol. The smallest absolute Gasteiger partial charge is 0.409 e. The minimum Gasteiger partial charge on any atom is -0.445 e. The van der Waals surface area contributed by atoms with Crippen LogP contribution in [0.4, 0.5) is 10.5 Å². The number of alkyl carbamates (subject to hydrolysis) is 1. The molecule has 158 valence electrons. The molecule has 1 heterocycles. The van der Waals surface area contributed by atoms with Gasteiger partial charge in [0.1, 0.15) is 6.61 Å². The van der Waals surface area contributed by atoms with Crippen molar-refractivity contribution in [1.29, 1.82) is 0 Å². The van der Waals surface area contributed by atoms with Crippen LogP contribution >= 0.6 is 0 Å².